The summed E-state index contributed by atoms with van der Waals surface area (Å²) in [4.78, 5) is 27.6. The van der Waals surface area contributed by atoms with Crippen LogP contribution in [0.15, 0.2) is 24.8 Å². The van der Waals surface area contributed by atoms with E-state index in [0.717, 1.165) is 13.2 Å². The minimum Gasteiger partial charge on any atom is -0.332 e. The van der Waals surface area contributed by atoms with Crippen molar-refractivity contribution in [1.29, 1.82) is 0 Å². The summed E-state index contributed by atoms with van der Waals surface area (Å²) in [6.07, 6.45) is -1.06. The summed E-state index contributed by atoms with van der Waals surface area (Å²) < 4.78 is 94.7. The van der Waals surface area contributed by atoms with Gasteiger partial charge >= 0.3 is 25.6 Å². The number of hydrogen-bond donors (Lipinski definition) is 2. The summed E-state index contributed by atoms with van der Waals surface area (Å²) in [6.45, 7) is 7.00. The molecule has 0 atom stereocenters. The van der Waals surface area contributed by atoms with Gasteiger partial charge < -0.3 is 14.7 Å². The van der Waals surface area contributed by atoms with E-state index in [2.05, 4.69) is 17.7 Å². The number of halogens is 6. The van der Waals surface area contributed by atoms with Crippen molar-refractivity contribution < 1.29 is 50.0 Å². The molecule has 2 N–H and O–H groups in total. The van der Waals surface area contributed by atoms with Crippen LogP contribution in [0.4, 0.5) is 26.3 Å². The van der Waals surface area contributed by atoms with Gasteiger partial charge in [0.15, 0.2) is 0 Å². The smallest absolute Gasteiger partial charge is 0.332 e. The van der Waals surface area contributed by atoms with Crippen molar-refractivity contribution in [3.05, 3.63) is 24.8 Å². The predicted molar refractivity (Wildman–Crippen MR) is 95.0 cm³/mol. The number of hydrogen-bond acceptors (Lipinski definition) is 3. The summed E-state index contributed by atoms with van der Waals surface area (Å²) in [5, 5.41) is 0. The summed E-state index contributed by atoms with van der Waals surface area (Å²) in [6, 6.07) is 0. The highest BCUT2D eigenvalue weighted by atomic mass is 31.2. The molecule has 13 heteroatoms. The van der Waals surface area contributed by atoms with Gasteiger partial charge in [-0.2, -0.15) is 26.3 Å². The molecule has 0 saturated heterocycles. The molecule has 1 amide bonds. The summed E-state index contributed by atoms with van der Waals surface area (Å²) in [7, 11) is -3.20. The fourth-order valence-corrected chi connectivity index (χ4v) is 1.86. The quantitative estimate of drug-likeness (QED) is 0.273. The van der Waals surface area contributed by atoms with Crippen LogP contribution >= 0.6 is 7.82 Å². The van der Waals surface area contributed by atoms with Crippen LogP contribution in [0.25, 0.3) is 0 Å². The maximum atomic E-state index is 13.8. The van der Waals surface area contributed by atoms with E-state index in [9.17, 15) is 35.7 Å². The Kier molecular flexibility index (Phi) is 12.1. The van der Waals surface area contributed by atoms with E-state index in [4.69, 9.17) is 9.79 Å². The van der Waals surface area contributed by atoms with Crippen molar-refractivity contribution in [3.63, 3.8) is 0 Å². The molecule has 172 valence electrons. The van der Waals surface area contributed by atoms with E-state index in [0.29, 0.717) is 10.5 Å². The summed E-state index contributed by atoms with van der Waals surface area (Å²) >= 11 is 0. The van der Waals surface area contributed by atoms with Crippen LogP contribution in [-0.2, 0) is 13.9 Å². The number of carbonyl (C=O) groups is 1. The van der Waals surface area contributed by atoms with Crippen LogP contribution in [0.2, 0.25) is 0 Å². The molecule has 0 aromatic rings. The van der Waals surface area contributed by atoms with E-state index in [1.165, 1.54) is 13.8 Å². The van der Waals surface area contributed by atoms with Gasteiger partial charge in [0.1, 0.15) is 0 Å². The number of phosphoric acid groups is 1. The van der Waals surface area contributed by atoms with Crippen LogP contribution in [0.3, 0.4) is 0 Å². The molecule has 29 heavy (non-hydrogen) atoms. The van der Waals surface area contributed by atoms with Crippen molar-refractivity contribution in [2.75, 3.05) is 20.2 Å². The monoisotopic (exact) mass is 457 g/mol. The minimum absolute atomic E-state index is 0.329. The third kappa shape index (κ3) is 10.3. The lowest BCUT2D eigenvalue weighted by Crippen LogP contribution is -2.59. The molecule has 0 fully saturated rings. The van der Waals surface area contributed by atoms with Crippen LogP contribution in [0.5, 0.6) is 0 Å². The molecule has 0 heterocycles. The van der Waals surface area contributed by atoms with Crippen molar-refractivity contribution in [2.45, 2.75) is 50.9 Å². The van der Waals surface area contributed by atoms with Crippen molar-refractivity contribution in [3.8, 4) is 0 Å². The third-order valence-electron chi connectivity index (χ3n) is 3.27. The van der Waals surface area contributed by atoms with E-state index < -0.39 is 51.0 Å². The summed E-state index contributed by atoms with van der Waals surface area (Å²) in [5.41, 5.74) is 0.329. The predicted octanol–water partition coefficient (Wildman–Crippen LogP) is 4.40. The average molecular weight is 457 g/mol. The van der Waals surface area contributed by atoms with Gasteiger partial charge in [0.2, 0.25) is 5.91 Å². The Morgan fingerprint density at radius 1 is 1.17 bits per heavy atom. The third-order valence-corrected chi connectivity index (χ3v) is 3.74. The molecule has 0 aliphatic heterocycles. The number of nitrogens with zero attached hydrogens (tertiary/aromatic N) is 1. The second-order valence-electron chi connectivity index (χ2n) is 6.10. The van der Waals surface area contributed by atoms with Gasteiger partial charge in [-0.15, -0.1) is 6.58 Å². The Labute approximate surface area is 165 Å². The molecule has 0 saturated carbocycles. The molecule has 0 aliphatic rings. The Bertz CT molecular complexity index is 609. The molecule has 0 aromatic carbocycles. The lowest BCUT2D eigenvalue weighted by atomic mass is 9.99. The zero-order valence-corrected chi connectivity index (χ0v) is 17.2. The van der Waals surface area contributed by atoms with Gasteiger partial charge in [-0.05, 0) is 6.92 Å². The number of phosphoric ester groups is 1. The molecule has 0 unspecified atom stereocenters. The summed E-state index contributed by atoms with van der Waals surface area (Å²) in [5.74, 6) is -16.4. The highest BCUT2D eigenvalue weighted by molar-refractivity contribution is 7.46. The van der Waals surface area contributed by atoms with Gasteiger partial charge in [0.25, 0.3) is 0 Å². The van der Waals surface area contributed by atoms with Crippen LogP contribution in [-0.4, -0.2) is 58.6 Å². The van der Waals surface area contributed by atoms with Crippen LogP contribution in [0, 0.1) is 0 Å². The highest BCUT2D eigenvalue weighted by Crippen LogP contribution is 2.48. The van der Waals surface area contributed by atoms with Gasteiger partial charge in [-0.1, -0.05) is 31.6 Å². The second kappa shape index (κ2) is 11.7. The highest BCUT2D eigenvalue weighted by Gasteiger charge is 2.71. The topological polar surface area (TPSA) is 87.1 Å². The molecular formula is C16H26F6NO5P. The first-order valence-electron chi connectivity index (χ1n) is 8.16. The fourth-order valence-electron chi connectivity index (χ4n) is 1.86. The molecule has 6 nitrogen and oxygen atoms in total. The average Bonchev–Trinajstić information content (AvgIpc) is 2.53. The van der Waals surface area contributed by atoms with E-state index in [-0.39, 0.29) is 12.8 Å². The normalized spacial score (nSPS) is 12.7. The molecule has 0 bridgehead atoms. The first-order valence-corrected chi connectivity index (χ1v) is 9.69. The number of alkyl halides is 6. The Hall–Kier alpha value is -1.36. The zero-order chi connectivity index (χ0) is 23.7. The SMILES string of the molecule is C=CCN(CC(F)(F)C(F)(F)C(F)(F)CCC)C(=O)CC(=C)C.COP(=O)(O)O. The maximum Gasteiger partial charge on any atom is 0.469 e. The number of amides is 1. The van der Waals surface area contributed by atoms with Gasteiger partial charge in [0, 0.05) is 26.5 Å². The first-order chi connectivity index (χ1) is 12.9. The Morgan fingerprint density at radius 2 is 1.62 bits per heavy atom. The van der Waals surface area contributed by atoms with E-state index >= 15 is 0 Å². The molecule has 0 aromatic heterocycles. The zero-order valence-electron chi connectivity index (χ0n) is 16.3. The van der Waals surface area contributed by atoms with Crippen LogP contribution in [0.1, 0.15) is 33.1 Å². The van der Waals surface area contributed by atoms with Gasteiger partial charge in [-0.25, -0.2) is 4.57 Å². The molecular weight excluding hydrogens is 431 g/mol. The largest absolute Gasteiger partial charge is 0.469 e. The standard InChI is InChI=1S/C15H21F6NO.CH5O4P/c1-5-7-13(16,17)15(20,21)14(18,19)10-22(8-6-2)12(23)9-11(3)4;1-5-6(2,3)4/h6H,2-3,5,7-10H2,1,4H3;1H3,(H2,2,3,4). The van der Waals surface area contributed by atoms with Crippen LogP contribution < -0.4 is 0 Å². The Morgan fingerprint density at radius 3 is 1.93 bits per heavy atom. The lowest BCUT2D eigenvalue weighted by Gasteiger charge is -2.35. The second-order valence-corrected chi connectivity index (χ2v) is 7.45. The number of rotatable bonds is 11. The Balaban J connectivity index is 0. The lowest BCUT2D eigenvalue weighted by molar-refractivity contribution is -0.312. The maximum absolute atomic E-state index is 13.8. The van der Waals surface area contributed by atoms with Gasteiger partial charge in [0.05, 0.1) is 6.54 Å². The minimum atomic E-state index is -5.57. The molecule has 0 radical (unpaired) electrons. The van der Waals surface area contributed by atoms with Crippen molar-refractivity contribution >= 4 is 13.7 Å². The molecule has 0 rings (SSSR count). The fraction of sp³-hybridized carbons (Fsp3) is 0.688. The van der Waals surface area contributed by atoms with Crippen molar-refractivity contribution in [1.82, 2.24) is 4.90 Å². The number of carbonyl (C=O) groups excluding carboxylic acids is 1. The van der Waals surface area contributed by atoms with E-state index in [1.54, 1.807) is 0 Å². The van der Waals surface area contributed by atoms with E-state index in [1.807, 2.05) is 0 Å². The first kappa shape index (κ1) is 29.8. The molecule has 0 spiro atoms. The van der Waals surface area contributed by atoms with Gasteiger partial charge in [-0.3, -0.25) is 9.32 Å². The van der Waals surface area contributed by atoms with Crippen molar-refractivity contribution in [2.24, 2.45) is 0 Å². The molecule has 0 aliphatic carbocycles.